The predicted octanol–water partition coefficient (Wildman–Crippen LogP) is 4.16. The number of likely N-dealkylation sites (tertiary alicyclic amines) is 1. The summed E-state index contributed by atoms with van der Waals surface area (Å²) < 4.78 is 7.81. The zero-order valence-corrected chi connectivity index (χ0v) is 20.9. The molecule has 2 aliphatic heterocycles. The standard InChI is InChI=1S/C29H32N4O3/c1-20-24(17-31(2)30-20)18-32-13-10-29(35,11-14-32)25-7-8-26-23(15-25)16-27(36-26)28(34)33-12-9-21-5-3-4-6-22(21)19-33/h3-8,15-17,35H,9-14,18-19H2,1-2H3. The first-order valence-corrected chi connectivity index (χ1v) is 12.7. The number of hydrogen-bond donors (Lipinski definition) is 1. The summed E-state index contributed by atoms with van der Waals surface area (Å²) >= 11 is 0. The van der Waals surface area contributed by atoms with Crippen molar-refractivity contribution in [2.75, 3.05) is 19.6 Å². The minimum atomic E-state index is -0.882. The molecular formula is C29H32N4O3. The number of rotatable bonds is 4. The van der Waals surface area contributed by atoms with Crippen LogP contribution in [0.2, 0.25) is 0 Å². The SMILES string of the molecule is Cc1nn(C)cc1CN1CCC(O)(c2ccc3oc(C(=O)N4CCc5ccccc5C4)cc3c2)CC1. The van der Waals surface area contributed by atoms with E-state index in [0.717, 1.165) is 42.7 Å². The lowest BCUT2D eigenvalue weighted by Crippen LogP contribution is -2.42. The first-order valence-electron chi connectivity index (χ1n) is 12.7. The molecule has 0 atom stereocenters. The van der Waals surface area contributed by atoms with Crippen LogP contribution in [0.5, 0.6) is 0 Å². The summed E-state index contributed by atoms with van der Waals surface area (Å²) in [5.41, 5.74) is 5.48. The molecule has 2 aromatic heterocycles. The van der Waals surface area contributed by atoms with Crippen LogP contribution < -0.4 is 0 Å². The normalized spacial score (nSPS) is 17.9. The summed E-state index contributed by atoms with van der Waals surface area (Å²) in [7, 11) is 1.95. The average molecular weight is 485 g/mol. The summed E-state index contributed by atoms with van der Waals surface area (Å²) in [4.78, 5) is 17.4. The number of amides is 1. The predicted molar refractivity (Wildman–Crippen MR) is 137 cm³/mol. The van der Waals surface area contributed by atoms with E-state index in [2.05, 4.69) is 28.3 Å². The van der Waals surface area contributed by atoms with Crippen molar-refractivity contribution >= 4 is 16.9 Å². The van der Waals surface area contributed by atoms with Crippen LogP contribution in [0.4, 0.5) is 0 Å². The molecule has 7 heteroatoms. The van der Waals surface area contributed by atoms with E-state index >= 15 is 0 Å². The van der Waals surface area contributed by atoms with E-state index in [-0.39, 0.29) is 5.91 Å². The van der Waals surface area contributed by atoms with Gasteiger partial charge in [0.1, 0.15) is 5.58 Å². The molecule has 186 valence electrons. The Morgan fingerprint density at radius 3 is 2.61 bits per heavy atom. The highest BCUT2D eigenvalue weighted by molar-refractivity contribution is 5.96. The van der Waals surface area contributed by atoms with E-state index < -0.39 is 5.60 Å². The van der Waals surface area contributed by atoms with E-state index in [1.165, 1.54) is 16.7 Å². The van der Waals surface area contributed by atoms with Gasteiger partial charge >= 0.3 is 0 Å². The van der Waals surface area contributed by atoms with E-state index in [1.54, 1.807) is 0 Å². The van der Waals surface area contributed by atoms with E-state index in [4.69, 9.17) is 4.42 Å². The topological polar surface area (TPSA) is 74.7 Å². The molecular weight excluding hydrogens is 452 g/mol. The molecule has 2 aromatic carbocycles. The smallest absolute Gasteiger partial charge is 0.289 e. The molecule has 0 spiro atoms. The lowest BCUT2D eigenvalue weighted by Gasteiger charge is -2.38. The minimum absolute atomic E-state index is 0.0834. The Morgan fingerprint density at radius 1 is 1.08 bits per heavy atom. The highest BCUT2D eigenvalue weighted by atomic mass is 16.3. The summed E-state index contributed by atoms with van der Waals surface area (Å²) in [6.45, 7) is 5.81. The third-order valence-electron chi connectivity index (χ3n) is 7.87. The molecule has 0 saturated carbocycles. The molecule has 6 rings (SSSR count). The fraction of sp³-hybridized carbons (Fsp3) is 0.379. The number of nitrogens with zero attached hydrogens (tertiary/aromatic N) is 4. The molecule has 7 nitrogen and oxygen atoms in total. The van der Waals surface area contributed by atoms with Gasteiger partial charge in [-0.1, -0.05) is 30.3 Å². The maximum Gasteiger partial charge on any atom is 0.289 e. The van der Waals surface area contributed by atoms with Crippen molar-refractivity contribution in [3.63, 3.8) is 0 Å². The fourth-order valence-electron chi connectivity index (χ4n) is 5.68. The second kappa shape index (κ2) is 8.91. The number of carbonyl (C=O) groups excluding carboxylic acids is 1. The first-order chi connectivity index (χ1) is 17.4. The summed E-state index contributed by atoms with van der Waals surface area (Å²) in [5.74, 6) is 0.273. The number of furan rings is 1. The van der Waals surface area contributed by atoms with Crippen molar-refractivity contribution in [1.29, 1.82) is 0 Å². The number of hydrogen-bond acceptors (Lipinski definition) is 5. The Labute approximate surface area is 210 Å². The van der Waals surface area contributed by atoms with Gasteiger partial charge in [-0.05, 0) is 61.1 Å². The summed E-state index contributed by atoms with van der Waals surface area (Å²) in [5, 5.41) is 16.8. The van der Waals surface area contributed by atoms with Gasteiger partial charge in [-0.3, -0.25) is 14.4 Å². The lowest BCUT2D eigenvalue weighted by molar-refractivity contribution is -0.0276. The van der Waals surface area contributed by atoms with Crippen molar-refractivity contribution in [3.8, 4) is 0 Å². The monoisotopic (exact) mass is 484 g/mol. The van der Waals surface area contributed by atoms with E-state index in [1.807, 2.05) is 60.0 Å². The Hall–Kier alpha value is -3.42. The van der Waals surface area contributed by atoms with E-state index in [0.29, 0.717) is 37.3 Å². The van der Waals surface area contributed by atoms with Crippen LogP contribution in [-0.2, 0) is 32.2 Å². The van der Waals surface area contributed by atoms with E-state index in [9.17, 15) is 9.90 Å². The number of fused-ring (bicyclic) bond motifs is 2. The molecule has 0 unspecified atom stereocenters. The number of carbonyl (C=O) groups is 1. The molecule has 1 saturated heterocycles. The van der Waals surface area contributed by atoms with Crippen LogP contribution in [0, 0.1) is 6.92 Å². The number of benzene rings is 2. The quantitative estimate of drug-likeness (QED) is 0.471. The molecule has 0 radical (unpaired) electrons. The zero-order valence-electron chi connectivity index (χ0n) is 20.9. The van der Waals surface area contributed by atoms with Gasteiger partial charge in [-0.15, -0.1) is 0 Å². The maximum absolute atomic E-state index is 13.2. The van der Waals surface area contributed by atoms with Gasteiger partial charge in [0.25, 0.3) is 5.91 Å². The Bertz CT molecular complexity index is 1430. The van der Waals surface area contributed by atoms with Gasteiger partial charge in [0.15, 0.2) is 5.76 Å². The van der Waals surface area contributed by atoms with Crippen LogP contribution in [-0.4, -0.2) is 50.2 Å². The van der Waals surface area contributed by atoms with Crippen LogP contribution >= 0.6 is 0 Å². The molecule has 36 heavy (non-hydrogen) atoms. The van der Waals surface area contributed by atoms with Crippen LogP contribution in [0.25, 0.3) is 11.0 Å². The zero-order chi connectivity index (χ0) is 24.9. The van der Waals surface area contributed by atoms with Gasteiger partial charge < -0.3 is 14.4 Å². The third kappa shape index (κ3) is 4.22. The third-order valence-corrected chi connectivity index (χ3v) is 7.87. The maximum atomic E-state index is 13.2. The van der Waals surface area contributed by atoms with Crippen molar-refractivity contribution in [1.82, 2.24) is 19.6 Å². The number of piperidine rings is 1. The second-order valence-electron chi connectivity index (χ2n) is 10.3. The van der Waals surface area contributed by atoms with Crippen molar-refractivity contribution < 1.29 is 14.3 Å². The number of aryl methyl sites for hydroxylation is 2. The summed E-state index contributed by atoms with van der Waals surface area (Å²) in [6.07, 6.45) is 4.25. The van der Waals surface area contributed by atoms with Crippen LogP contribution in [0.3, 0.4) is 0 Å². The highest BCUT2D eigenvalue weighted by Gasteiger charge is 2.34. The lowest BCUT2D eigenvalue weighted by atomic mass is 9.84. The molecule has 1 amide bonds. The van der Waals surface area contributed by atoms with Gasteiger partial charge in [-0.2, -0.15) is 5.10 Å². The fourth-order valence-corrected chi connectivity index (χ4v) is 5.68. The second-order valence-corrected chi connectivity index (χ2v) is 10.3. The average Bonchev–Trinajstić information content (AvgIpc) is 3.46. The number of aromatic nitrogens is 2. The minimum Gasteiger partial charge on any atom is -0.451 e. The largest absolute Gasteiger partial charge is 0.451 e. The first kappa shape index (κ1) is 23.0. The van der Waals surface area contributed by atoms with Crippen molar-refractivity contribution in [2.45, 2.75) is 44.9 Å². The highest BCUT2D eigenvalue weighted by Crippen LogP contribution is 2.36. The number of aliphatic hydroxyl groups is 1. The molecule has 0 bridgehead atoms. The van der Waals surface area contributed by atoms with Gasteiger partial charge in [0, 0.05) is 56.9 Å². The molecule has 4 aromatic rings. The molecule has 0 aliphatic carbocycles. The Kier molecular flexibility index (Phi) is 5.69. The Balaban J connectivity index is 1.16. The Morgan fingerprint density at radius 2 is 1.86 bits per heavy atom. The van der Waals surface area contributed by atoms with Crippen molar-refractivity contribution in [2.24, 2.45) is 7.05 Å². The summed E-state index contributed by atoms with van der Waals surface area (Å²) in [6, 6.07) is 15.9. The molecule has 2 aliphatic rings. The van der Waals surface area contributed by atoms with Gasteiger partial charge in [0.2, 0.25) is 0 Å². The van der Waals surface area contributed by atoms with Crippen LogP contribution in [0.15, 0.2) is 59.1 Å². The van der Waals surface area contributed by atoms with Gasteiger partial charge in [-0.25, -0.2) is 0 Å². The van der Waals surface area contributed by atoms with Crippen LogP contribution in [0.1, 0.15) is 51.3 Å². The van der Waals surface area contributed by atoms with Gasteiger partial charge in [0.05, 0.1) is 11.3 Å². The molecule has 1 fully saturated rings. The van der Waals surface area contributed by atoms with Crippen molar-refractivity contribution in [3.05, 3.63) is 88.4 Å². The molecule has 4 heterocycles. The molecule has 1 N–H and O–H groups in total.